The third-order valence-corrected chi connectivity index (χ3v) is 5.54. The molecule has 1 aliphatic rings. The second kappa shape index (κ2) is 7.12. The van der Waals surface area contributed by atoms with Gasteiger partial charge in [-0.3, -0.25) is 4.90 Å². The van der Waals surface area contributed by atoms with Gasteiger partial charge in [0.25, 0.3) is 0 Å². The van der Waals surface area contributed by atoms with E-state index in [-0.39, 0.29) is 11.6 Å². The Morgan fingerprint density at radius 2 is 1.95 bits per heavy atom. The van der Waals surface area contributed by atoms with Gasteiger partial charge < -0.3 is 10.5 Å². The summed E-state index contributed by atoms with van der Waals surface area (Å²) in [5, 5.41) is 0. The summed E-state index contributed by atoms with van der Waals surface area (Å²) in [6.45, 7) is 6.88. The van der Waals surface area contributed by atoms with Crippen LogP contribution in [0.2, 0.25) is 0 Å². The van der Waals surface area contributed by atoms with E-state index in [4.69, 9.17) is 10.5 Å². The summed E-state index contributed by atoms with van der Waals surface area (Å²) >= 11 is 3.63. The maximum atomic E-state index is 6.57. The first kappa shape index (κ1) is 16.8. The Morgan fingerprint density at radius 1 is 1.29 bits per heavy atom. The number of rotatable bonds is 5. The summed E-state index contributed by atoms with van der Waals surface area (Å²) in [4.78, 5) is 2.55. The summed E-state index contributed by atoms with van der Waals surface area (Å²) in [5.41, 5.74) is 7.80. The van der Waals surface area contributed by atoms with E-state index in [9.17, 15) is 0 Å². The lowest BCUT2D eigenvalue weighted by atomic mass is 9.86. The quantitative estimate of drug-likeness (QED) is 0.877. The number of nitrogens with two attached hydrogens (primary N) is 1. The number of methoxy groups -OCH3 is 1. The van der Waals surface area contributed by atoms with Crippen LogP contribution in [0.1, 0.15) is 38.7 Å². The van der Waals surface area contributed by atoms with Crippen molar-refractivity contribution < 1.29 is 4.74 Å². The molecule has 0 amide bonds. The Bertz CT molecular complexity index is 470. The molecule has 0 saturated carbocycles. The van der Waals surface area contributed by atoms with Gasteiger partial charge in [-0.25, -0.2) is 0 Å². The van der Waals surface area contributed by atoms with Crippen LogP contribution in [0.4, 0.5) is 0 Å². The van der Waals surface area contributed by atoms with Crippen molar-refractivity contribution >= 4 is 15.9 Å². The van der Waals surface area contributed by atoms with Crippen molar-refractivity contribution in [3.05, 3.63) is 28.2 Å². The molecule has 0 spiro atoms. The Labute approximate surface area is 137 Å². The summed E-state index contributed by atoms with van der Waals surface area (Å²) in [6, 6.07) is 6.18. The van der Waals surface area contributed by atoms with Crippen molar-refractivity contribution in [1.29, 1.82) is 0 Å². The largest absolute Gasteiger partial charge is 0.497 e. The third kappa shape index (κ3) is 3.99. The van der Waals surface area contributed by atoms with E-state index in [2.05, 4.69) is 40.7 Å². The fourth-order valence-corrected chi connectivity index (χ4v) is 3.43. The van der Waals surface area contributed by atoms with Gasteiger partial charge in [0.15, 0.2) is 0 Å². The molecular formula is C17H27BrN2O. The Morgan fingerprint density at radius 3 is 2.57 bits per heavy atom. The second-order valence-electron chi connectivity index (χ2n) is 6.47. The van der Waals surface area contributed by atoms with Crippen LogP contribution in [0.3, 0.4) is 0 Å². The zero-order valence-electron chi connectivity index (χ0n) is 13.4. The average molecular weight is 355 g/mol. The van der Waals surface area contributed by atoms with Gasteiger partial charge in [0.1, 0.15) is 5.75 Å². The molecule has 0 radical (unpaired) electrons. The molecule has 21 heavy (non-hydrogen) atoms. The van der Waals surface area contributed by atoms with Gasteiger partial charge in [-0.05, 0) is 70.0 Å². The summed E-state index contributed by atoms with van der Waals surface area (Å²) in [7, 11) is 1.70. The number of ether oxygens (including phenoxy) is 1. The zero-order chi connectivity index (χ0) is 15.5. The monoisotopic (exact) mass is 354 g/mol. The molecule has 118 valence electrons. The molecule has 1 aromatic rings. The highest BCUT2D eigenvalue weighted by Crippen LogP contribution is 2.28. The van der Waals surface area contributed by atoms with Gasteiger partial charge >= 0.3 is 0 Å². The first-order valence-electron chi connectivity index (χ1n) is 7.78. The molecule has 1 saturated heterocycles. The predicted octanol–water partition coefficient (Wildman–Crippen LogP) is 3.59. The van der Waals surface area contributed by atoms with Crippen LogP contribution in [0.5, 0.6) is 5.75 Å². The fourth-order valence-electron chi connectivity index (χ4n) is 3.03. The highest BCUT2D eigenvalue weighted by atomic mass is 79.9. The van der Waals surface area contributed by atoms with Crippen LogP contribution in [-0.4, -0.2) is 36.7 Å². The zero-order valence-corrected chi connectivity index (χ0v) is 14.9. The number of hydrogen-bond donors (Lipinski definition) is 1. The molecule has 2 rings (SSSR count). The molecule has 2 N–H and O–H groups in total. The van der Waals surface area contributed by atoms with E-state index in [1.54, 1.807) is 7.11 Å². The molecule has 3 nitrogen and oxygen atoms in total. The van der Waals surface area contributed by atoms with Crippen LogP contribution in [0.25, 0.3) is 0 Å². The molecule has 1 aromatic carbocycles. The van der Waals surface area contributed by atoms with E-state index >= 15 is 0 Å². The van der Waals surface area contributed by atoms with Crippen molar-refractivity contribution in [3.63, 3.8) is 0 Å². The maximum absolute atomic E-state index is 6.57. The molecule has 1 atom stereocenters. The number of nitrogens with zero attached hydrogens (tertiary/aromatic N) is 1. The molecule has 4 heteroatoms. The molecule has 0 aromatic heterocycles. The molecular weight excluding hydrogens is 328 g/mol. The lowest BCUT2D eigenvalue weighted by molar-refractivity contribution is 0.0731. The van der Waals surface area contributed by atoms with E-state index in [0.29, 0.717) is 0 Å². The minimum Gasteiger partial charge on any atom is -0.497 e. The van der Waals surface area contributed by atoms with Gasteiger partial charge in [0.2, 0.25) is 0 Å². The fraction of sp³-hybridized carbons (Fsp3) is 0.647. The smallest absolute Gasteiger partial charge is 0.119 e. The normalized spacial score (nSPS) is 18.5. The van der Waals surface area contributed by atoms with Gasteiger partial charge in [0.05, 0.1) is 7.11 Å². The van der Waals surface area contributed by atoms with E-state index < -0.39 is 0 Å². The number of piperidine rings is 1. The van der Waals surface area contributed by atoms with Crippen LogP contribution in [0.15, 0.2) is 22.7 Å². The third-order valence-electron chi connectivity index (χ3n) is 4.77. The average Bonchev–Trinajstić information content (AvgIpc) is 2.50. The molecule has 1 heterocycles. The van der Waals surface area contributed by atoms with Gasteiger partial charge in [0, 0.05) is 16.1 Å². The number of benzene rings is 1. The van der Waals surface area contributed by atoms with Gasteiger partial charge in [-0.1, -0.05) is 22.4 Å². The highest BCUT2D eigenvalue weighted by Gasteiger charge is 2.34. The number of halogens is 1. The second-order valence-corrected chi connectivity index (χ2v) is 7.32. The predicted molar refractivity (Wildman–Crippen MR) is 91.9 cm³/mol. The van der Waals surface area contributed by atoms with Crippen LogP contribution >= 0.6 is 15.9 Å². The van der Waals surface area contributed by atoms with Crippen molar-refractivity contribution in [2.24, 2.45) is 5.73 Å². The Kier molecular flexibility index (Phi) is 5.69. The van der Waals surface area contributed by atoms with Crippen molar-refractivity contribution in [2.75, 3.05) is 20.2 Å². The molecule has 1 fully saturated rings. The summed E-state index contributed by atoms with van der Waals surface area (Å²) in [6.07, 6.45) is 4.78. The molecule has 0 bridgehead atoms. The van der Waals surface area contributed by atoms with E-state index in [1.165, 1.54) is 37.9 Å². The van der Waals surface area contributed by atoms with Gasteiger partial charge in [-0.2, -0.15) is 0 Å². The van der Waals surface area contributed by atoms with E-state index in [1.807, 2.05) is 12.1 Å². The first-order chi connectivity index (χ1) is 9.95. The van der Waals surface area contributed by atoms with Crippen LogP contribution in [0, 0.1) is 0 Å². The first-order valence-corrected chi connectivity index (χ1v) is 8.57. The van der Waals surface area contributed by atoms with Crippen LogP contribution < -0.4 is 10.5 Å². The summed E-state index contributed by atoms with van der Waals surface area (Å²) in [5.74, 6) is 0.885. The number of hydrogen-bond acceptors (Lipinski definition) is 3. The van der Waals surface area contributed by atoms with Crippen molar-refractivity contribution in [2.45, 2.75) is 51.1 Å². The van der Waals surface area contributed by atoms with Crippen LogP contribution in [-0.2, 0) is 6.42 Å². The van der Waals surface area contributed by atoms with Crippen molar-refractivity contribution in [3.8, 4) is 5.75 Å². The Balaban J connectivity index is 2.10. The molecule has 1 aliphatic heterocycles. The lowest BCUT2D eigenvalue weighted by Gasteiger charge is -2.44. The maximum Gasteiger partial charge on any atom is 0.119 e. The topological polar surface area (TPSA) is 38.5 Å². The number of likely N-dealkylation sites (tertiary alicyclic amines) is 1. The van der Waals surface area contributed by atoms with Crippen molar-refractivity contribution in [1.82, 2.24) is 4.90 Å². The molecule has 1 unspecified atom stereocenters. The highest BCUT2D eigenvalue weighted by molar-refractivity contribution is 9.10. The minimum atomic E-state index is 0.0168. The SMILES string of the molecule is COc1ccc(Br)c(CC(N)C(C)(C)N2CCCCC2)c1. The standard InChI is InChI=1S/C17H27BrN2O/c1-17(2,20-9-5-4-6-10-20)16(19)12-13-11-14(21-3)7-8-15(13)18/h7-8,11,16H,4-6,9-10,12,19H2,1-3H3. The Hall–Kier alpha value is -0.580. The van der Waals surface area contributed by atoms with E-state index in [0.717, 1.165) is 16.6 Å². The van der Waals surface area contributed by atoms with Gasteiger partial charge in [-0.15, -0.1) is 0 Å². The summed E-state index contributed by atoms with van der Waals surface area (Å²) < 4.78 is 6.43. The molecule has 0 aliphatic carbocycles. The lowest BCUT2D eigenvalue weighted by Crippen LogP contribution is -2.58. The minimum absolute atomic E-state index is 0.0168.